The number of ether oxygens (including phenoxy) is 3. The van der Waals surface area contributed by atoms with Gasteiger partial charge in [0.25, 0.3) is 0 Å². The van der Waals surface area contributed by atoms with Gasteiger partial charge in [0.15, 0.2) is 0 Å². The van der Waals surface area contributed by atoms with Crippen molar-refractivity contribution in [3.8, 4) is 11.5 Å². The Kier molecular flexibility index (Phi) is 7.46. The molecule has 1 fully saturated rings. The van der Waals surface area contributed by atoms with Gasteiger partial charge in [0.2, 0.25) is 0 Å². The molecule has 1 unspecified atom stereocenters. The largest absolute Gasteiger partial charge is 0.497 e. The van der Waals surface area contributed by atoms with Crippen LogP contribution in [0.5, 0.6) is 11.5 Å². The maximum absolute atomic E-state index is 6.13. The number of aromatic amines is 1. The molecule has 0 amide bonds. The number of morpholine rings is 1. The minimum atomic E-state index is -0.0147. The third-order valence-corrected chi connectivity index (χ3v) is 5.78. The Bertz CT molecular complexity index is 961. The van der Waals surface area contributed by atoms with E-state index in [0.29, 0.717) is 24.0 Å². The number of rotatable bonds is 9. The SMILES string of the molecule is COc1ccc(CCN2CCOC(c3cc(CCOc4ccccc4Cl)[nH]n3)C2)cc1. The Balaban J connectivity index is 1.25. The minimum absolute atomic E-state index is 0.0147. The van der Waals surface area contributed by atoms with Gasteiger partial charge in [-0.2, -0.15) is 5.10 Å². The molecule has 1 aliphatic rings. The molecule has 1 saturated heterocycles. The number of benzene rings is 2. The van der Waals surface area contributed by atoms with Crippen molar-refractivity contribution < 1.29 is 14.2 Å². The van der Waals surface area contributed by atoms with Crippen LogP contribution in [-0.4, -0.2) is 55.1 Å². The molecule has 164 valence electrons. The fraction of sp³-hybridized carbons (Fsp3) is 0.375. The van der Waals surface area contributed by atoms with Gasteiger partial charge in [-0.25, -0.2) is 0 Å². The Morgan fingerprint density at radius 3 is 2.81 bits per heavy atom. The standard InChI is InChI=1S/C24H28ClN3O3/c1-29-20-8-6-18(7-9-20)10-12-28-13-15-31-24(17-28)22-16-19(26-27-22)11-14-30-23-5-3-2-4-21(23)25/h2-9,16,24H,10-15,17H2,1H3,(H,26,27). The molecule has 2 aromatic carbocycles. The summed E-state index contributed by atoms with van der Waals surface area (Å²) < 4.78 is 17.0. The van der Waals surface area contributed by atoms with Crippen molar-refractivity contribution in [3.05, 3.63) is 76.6 Å². The van der Waals surface area contributed by atoms with Crippen LogP contribution in [0.25, 0.3) is 0 Å². The van der Waals surface area contributed by atoms with Crippen molar-refractivity contribution in [1.29, 1.82) is 0 Å². The van der Waals surface area contributed by atoms with E-state index >= 15 is 0 Å². The molecule has 1 atom stereocenters. The van der Waals surface area contributed by atoms with Crippen LogP contribution >= 0.6 is 11.6 Å². The number of hydrogen-bond acceptors (Lipinski definition) is 5. The van der Waals surface area contributed by atoms with E-state index in [-0.39, 0.29) is 6.10 Å². The summed E-state index contributed by atoms with van der Waals surface area (Å²) in [5.74, 6) is 1.59. The fourth-order valence-corrected chi connectivity index (χ4v) is 3.86. The Labute approximate surface area is 188 Å². The van der Waals surface area contributed by atoms with Crippen LogP contribution in [0.2, 0.25) is 5.02 Å². The van der Waals surface area contributed by atoms with E-state index in [1.807, 2.05) is 36.4 Å². The van der Waals surface area contributed by atoms with E-state index in [1.54, 1.807) is 7.11 Å². The van der Waals surface area contributed by atoms with Crippen LogP contribution in [0.4, 0.5) is 0 Å². The molecule has 0 saturated carbocycles. The Morgan fingerprint density at radius 1 is 1.16 bits per heavy atom. The summed E-state index contributed by atoms with van der Waals surface area (Å²) in [6.45, 7) is 4.03. The van der Waals surface area contributed by atoms with Gasteiger partial charge in [0.05, 0.1) is 31.0 Å². The number of aromatic nitrogens is 2. The summed E-state index contributed by atoms with van der Waals surface area (Å²) in [4.78, 5) is 2.44. The van der Waals surface area contributed by atoms with Crippen LogP contribution in [0.3, 0.4) is 0 Å². The maximum atomic E-state index is 6.13. The van der Waals surface area contributed by atoms with Crippen molar-refractivity contribution in [2.75, 3.05) is 40.0 Å². The fourth-order valence-electron chi connectivity index (χ4n) is 3.67. The van der Waals surface area contributed by atoms with Crippen LogP contribution in [-0.2, 0) is 17.6 Å². The third kappa shape index (κ3) is 6.00. The zero-order chi connectivity index (χ0) is 21.5. The molecular formula is C24H28ClN3O3. The first-order chi connectivity index (χ1) is 15.2. The molecule has 1 N–H and O–H groups in total. The Morgan fingerprint density at radius 2 is 2.00 bits per heavy atom. The zero-order valence-corrected chi connectivity index (χ0v) is 18.5. The van der Waals surface area contributed by atoms with Gasteiger partial charge in [-0.05, 0) is 42.3 Å². The first kappa shape index (κ1) is 21.7. The van der Waals surface area contributed by atoms with Crippen molar-refractivity contribution >= 4 is 11.6 Å². The second-order valence-corrected chi connectivity index (χ2v) is 8.01. The van der Waals surface area contributed by atoms with Gasteiger partial charge in [-0.1, -0.05) is 35.9 Å². The van der Waals surface area contributed by atoms with E-state index in [9.17, 15) is 0 Å². The van der Waals surface area contributed by atoms with Crippen molar-refractivity contribution in [3.63, 3.8) is 0 Å². The summed E-state index contributed by atoms with van der Waals surface area (Å²) >= 11 is 6.13. The van der Waals surface area contributed by atoms with Crippen molar-refractivity contribution in [1.82, 2.24) is 15.1 Å². The quantitative estimate of drug-likeness (QED) is 0.536. The van der Waals surface area contributed by atoms with Gasteiger partial charge in [0.1, 0.15) is 17.6 Å². The van der Waals surface area contributed by atoms with E-state index in [1.165, 1.54) is 5.56 Å². The lowest BCUT2D eigenvalue weighted by Gasteiger charge is -2.32. The number of nitrogens with zero attached hydrogens (tertiary/aromatic N) is 2. The molecule has 1 aromatic heterocycles. The number of nitrogens with one attached hydrogen (secondary N) is 1. The van der Waals surface area contributed by atoms with Gasteiger partial charge in [-0.3, -0.25) is 10.00 Å². The lowest BCUT2D eigenvalue weighted by atomic mass is 10.1. The highest BCUT2D eigenvalue weighted by atomic mass is 35.5. The molecule has 31 heavy (non-hydrogen) atoms. The lowest BCUT2D eigenvalue weighted by molar-refractivity contribution is -0.0316. The molecule has 0 bridgehead atoms. The first-order valence-corrected chi connectivity index (χ1v) is 11.0. The molecule has 0 spiro atoms. The van der Waals surface area contributed by atoms with Crippen LogP contribution in [0.15, 0.2) is 54.6 Å². The summed E-state index contributed by atoms with van der Waals surface area (Å²) in [7, 11) is 1.69. The monoisotopic (exact) mass is 441 g/mol. The molecule has 7 heteroatoms. The number of halogens is 1. The normalized spacial score (nSPS) is 16.9. The molecule has 1 aliphatic heterocycles. The first-order valence-electron chi connectivity index (χ1n) is 10.6. The van der Waals surface area contributed by atoms with Crippen molar-refractivity contribution in [2.24, 2.45) is 0 Å². The molecule has 0 aliphatic carbocycles. The van der Waals surface area contributed by atoms with E-state index < -0.39 is 0 Å². The highest BCUT2D eigenvalue weighted by molar-refractivity contribution is 6.32. The molecular weight excluding hydrogens is 414 g/mol. The molecule has 6 nitrogen and oxygen atoms in total. The van der Waals surface area contributed by atoms with Crippen molar-refractivity contribution in [2.45, 2.75) is 18.9 Å². The predicted molar refractivity (Wildman–Crippen MR) is 121 cm³/mol. The smallest absolute Gasteiger partial charge is 0.137 e. The second-order valence-electron chi connectivity index (χ2n) is 7.61. The molecule has 2 heterocycles. The summed E-state index contributed by atoms with van der Waals surface area (Å²) in [6, 6.07) is 17.9. The number of H-pyrrole nitrogens is 1. The predicted octanol–water partition coefficient (Wildman–Crippen LogP) is 4.31. The highest BCUT2D eigenvalue weighted by Gasteiger charge is 2.24. The van der Waals surface area contributed by atoms with E-state index in [4.69, 9.17) is 25.8 Å². The van der Waals surface area contributed by atoms with Crippen LogP contribution in [0, 0.1) is 0 Å². The number of methoxy groups -OCH3 is 1. The molecule has 4 rings (SSSR count). The van der Waals surface area contributed by atoms with Crippen LogP contribution in [0.1, 0.15) is 23.1 Å². The van der Waals surface area contributed by atoms with Gasteiger partial charge in [0, 0.05) is 31.7 Å². The maximum Gasteiger partial charge on any atom is 0.137 e. The highest BCUT2D eigenvalue weighted by Crippen LogP contribution is 2.24. The number of hydrogen-bond donors (Lipinski definition) is 1. The Hall–Kier alpha value is -2.54. The van der Waals surface area contributed by atoms with Crippen LogP contribution < -0.4 is 9.47 Å². The number of para-hydroxylation sites is 1. The van der Waals surface area contributed by atoms with Gasteiger partial charge >= 0.3 is 0 Å². The average Bonchev–Trinajstić information content (AvgIpc) is 3.28. The summed E-state index contributed by atoms with van der Waals surface area (Å²) in [6.07, 6.45) is 1.72. The summed E-state index contributed by atoms with van der Waals surface area (Å²) in [5, 5.41) is 8.22. The molecule has 3 aromatic rings. The molecule has 0 radical (unpaired) electrons. The second kappa shape index (κ2) is 10.7. The van der Waals surface area contributed by atoms with Gasteiger partial charge in [-0.15, -0.1) is 0 Å². The topological polar surface area (TPSA) is 59.6 Å². The minimum Gasteiger partial charge on any atom is -0.497 e. The average molecular weight is 442 g/mol. The lowest BCUT2D eigenvalue weighted by Crippen LogP contribution is -2.39. The third-order valence-electron chi connectivity index (χ3n) is 5.47. The van der Waals surface area contributed by atoms with E-state index in [2.05, 4.69) is 33.3 Å². The summed E-state index contributed by atoms with van der Waals surface area (Å²) in [5.41, 5.74) is 3.28. The van der Waals surface area contributed by atoms with E-state index in [0.717, 1.165) is 49.6 Å². The zero-order valence-electron chi connectivity index (χ0n) is 17.7. The van der Waals surface area contributed by atoms with Gasteiger partial charge < -0.3 is 14.2 Å².